The van der Waals surface area contributed by atoms with Crippen LogP contribution >= 0.6 is 12.2 Å². The second-order valence-electron chi connectivity index (χ2n) is 5.08. The molecule has 1 atom stereocenters. The Morgan fingerprint density at radius 3 is 2.90 bits per heavy atom. The molecule has 0 saturated carbocycles. The zero-order chi connectivity index (χ0) is 14.7. The monoisotopic (exact) mass is 291 g/mol. The van der Waals surface area contributed by atoms with E-state index >= 15 is 0 Å². The average Bonchev–Trinajstić information content (AvgIpc) is 2.67. The fourth-order valence-electron chi connectivity index (χ4n) is 2.25. The molecule has 2 amide bonds. The summed E-state index contributed by atoms with van der Waals surface area (Å²) in [4.78, 5) is 25.4. The highest BCUT2D eigenvalue weighted by Crippen LogP contribution is 2.17. The van der Waals surface area contributed by atoms with Crippen molar-refractivity contribution in [1.82, 2.24) is 4.90 Å². The number of nitrogens with two attached hydrogens (primary N) is 1. The van der Waals surface area contributed by atoms with Crippen molar-refractivity contribution in [2.45, 2.75) is 13.3 Å². The van der Waals surface area contributed by atoms with Gasteiger partial charge in [-0.1, -0.05) is 31.3 Å². The van der Waals surface area contributed by atoms with E-state index < -0.39 is 0 Å². The first kappa shape index (κ1) is 14.5. The molecule has 1 aliphatic heterocycles. The van der Waals surface area contributed by atoms with Crippen LogP contribution in [0.5, 0.6) is 0 Å². The van der Waals surface area contributed by atoms with Gasteiger partial charge in [0.15, 0.2) is 0 Å². The highest BCUT2D eigenvalue weighted by Gasteiger charge is 2.27. The van der Waals surface area contributed by atoms with E-state index in [1.807, 2.05) is 6.92 Å². The van der Waals surface area contributed by atoms with Crippen LogP contribution in [0.15, 0.2) is 24.3 Å². The fraction of sp³-hybridized carbons (Fsp3) is 0.357. The summed E-state index contributed by atoms with van der Waals surface area (Å²) in [6.45, 7) is 2.72. The van der Waals surface area contributed by atoms with E-state index in [9.17, 15) is 9.59 Å². The van der Waals surface area contributed by atoms with Crippen LogP contribution in [0.1, 0.15) is 18.9 Å². The van der Waals surface area contributed by atoms with Crippen molar-refractivity contribution >= 4 is 34.7 Å². The minimum Gasteiger partial charge on any atom is -0.389 e. The molecule has 1 saturated heterocycles. The summed E-state index contributed by atoms with van der Waals surface area (Å²) in [7, 11) is 0. The number of likely N-dealkylation sites (tertiary alicyclic amines) is 1. The number of nitrogens with zero attached hydrogens (tertiary/aromatic N) is 1. The molecule has 1 unspecified atom stereocenters. The van der Waals surface area contributed by atoms with Crippen molar-refractivity contribution in [2.75, 3.05) is 18.4 Å². The van der Waals surface area contributed by atoms with E-state index in [1.165, 1.54) is 0 Å². The van der Waals surface area contributed by atoms with Crippen LogP contribution in [0.25, 0.3) is 0 Å². The van der Waals surface area contributed by atoms with Crippen molar-refractivity contribution < 1.29 is 9.59 Å². The number of anilines is 1. The van der Waals surface area contributed by atoms with Crippen molar-refractivity contribution in [2.24, 2.45) is 11.7 Å². The Morgan fingerprint density at radius 2 is 2.30 bits per heavy atom. The summed E-state index contributed by atoms with van der Waals surface area (Å²) >= 11 is 4.89. The highest BCUT2D eigenvalue weighted by molar-refractivity contribution is 7.80. The number of rotatable bonds is 4. The zero-order valence-electron chi connectivity index (χ0n) is 11.3. The lowest BCUT2D eigenvalue weighted by Crippen LogP contribution is -2.34. The third kappa shape index (κ3) is 3.54. The first-order chi connectivity index (χ1) is 9.45. The third-order valence-electron chi connectivity index (χ3n) is 3.17. The Hall–Kier alpha value is -1.95. The molecule has 1 heterocycles. The molecule has 0 radical (unpaired) electrons. The predicted molar refractivity (Wildman–Crippen MR) is 81.3 cm³/mol. The molecule has 1 aromatic carbocycles. The topological polar surface area (TPSA) is 75.4 Å². The first-order valence-electron chi connectivity index (χ1n) is 6.43. The maximum absolute atomic E-state index is 11.9. The molecule has 3 N–H and O–H groups in total. The number of thiocarbonyl (C=S) groups is 1. The first-order valence-corrected chi connectivity index (χ1v) is 6.84. The largest absolute Gasteiger partial charge is 0.389 e. The molecule has 5 nitrogen and oxygen atoms in total. The van der Waals surface area contributed by atoms with Crippen molar-refractivity contribution in [3.63, 3.8) is 0 Å². The van der Waals surface area contributed by atoms with E-state index in [0.717, 1.165) is 0 Å². The summed E-state index contributed by atoms with van der Waals surface area (Å²) in [5.41, 5.74) is 6.87. The van der Waals surface area contributed by atoms with E-state index in [-0.39, 0.29) is 23.3 Å². The van der Waals surface area contributed by atoms with Crippen LogP contribution in [-0.2, 0) is 9.59 Å². The van der Waals surface area contributed by atoms with Crippen molar-refractivity contribution in [3.05, 3.63) is 29.8 Å². The van der Waals surface area contributed by atoms with Crippen LogP contribution < -0.4 is 11.1 Å². The normalized spacial score (nSPS) is 18.1. The standard InChI is InChI=1S/C14H17N3O2S/c1-9-5-13(19)17(7-9)8-12(18)16-11-4-2-3-10(6-11)14(15)20/h2-4,6,9H,5,7-8H2,1H3,(H2,15,20)(H,16,18). The van der Waals surface area contributed by atoms with Crippen LogP contribution in [-0.4, -0.2) is 34.8 Å². The number of nitrogens with one attached hydrogen (secondary N) is 1. The van der Waals surface area contributed by atoms with Gasteiger partial charge in [0.05, 0.1) is 6.54 Å². The molecular formula is C14H17N3O2S. The van der Waals surface area contributed by atoms with E-state index in [1.54, 1.807) is 29.2 Å². The quantitative estimate of drug-likeness (QED) is 0.815. The lowest BCUT2D eigenvalue weighted by Gasteiger charge is -2.15. The Morgan fingerprint density at radius 1 is 1.55 bits per heavy atom. The summed E-state index contributed by atoms with van der Waals surface area (Å²) in [5.74, 6) is 0.130. The average molecular weight is 291 g/mol. The Bertz CT molecular complexity index is 559. The number of hydrogen-bond donors (Lipinski definition) is 2. The summed E-state index contributed by atoms with van der Waals surface area (Å²) in [6, 6.07) is 7.03. The van der Waals surface area contributed by atoms with Gasteiger partial charge in [-0.25, -0.2) is 0 Å². The summed E-state index contributed by atoms with van der Waals surface area (Å²) in [5, 5.41) is 2.75. The molecule has 106 valence electrons. The second kappa shape index (κ2) is 6.00. The summed E-state index contributed by atoms with van der Waals surface area (Å²) in [6.07, 6.45) is 0.518. The smallest absolute Gasteiger partial charge is 0.243 e. The third-order valence-corrected chi connectivity index (χ3v) is 3.41. The lowest BCUT2D eigenvalue weighted by atomic mass is 10.2. The SMILES string of the molecule is CC1CC(=O)N(CC(=O)Nc2cccc(C(N)=S)c2)C1. The van der Waals surface area contributed by atoms with Gasteiger partial charge in [-0.3, -0.25) is 9.59 Å². The zero-order valence-corrected chi connectivity index (χ0v) is 12.1. The maximum atomic E-state index is 11.9. The lowest BCUT2D eigenvalue weighted by molar-refractivity contribution is -0.131. The number of carbonyl (C=O) groups is 2. The van der Waals surface area contributed by atoms with Crippen molar-refractivity contribution in [3.8, 4) is 0 Å². The second-order valence-corrected chi connectivity index (χ2v) is 5.52. The van der Waals surface area contributed by atoms with Crippen LogP contribution in [0.3, 0.4) is 0 Å². The predicted octanol–water partition coefficient (Wildman–Crippen LogP) is 1.13. The molecule has 20 heavy (non-hydrogen) atoms. The molecule has 0 aliphatic carbocycles. The minimum absolute atomic E-state index is 0.0320. The van der Waals surface area contributed by atoms with Gasteiger partial charge in [-0.15, -0.1) is 0 Å². The van der Waals surface area contributed by atoms with Gasteiger partial charge in [-0.2, -0.15) is 0 Å². The number of amides is 2. The van der Waals surface area contributed by atoms with Crippen molar-refractivity contribution in [1.29, 1.82) is 0 Å². The summed E-state index contributed by atoms with van der Waals surface area (Å²) < 4.78 is 0. The van der Waals surface area contributed by atoms with Gasteiger partial charge >= 0.3 is 0 Å². The molecule has 0 spiro atoms. The molecular weight excluding hydrogens is 274 g/mol. The maximum Gasteiger partial charge on any atom is 0.243 e. The Kier molecular flexibility index (Phi) is 4.34. The molecule has 2 rings (SSSR count). The Balaban J connectivity index is 1.96. The fourth-order valence-corrected chi connectivity index (χ4v) is 2.37. The van der Waals surface area contributed by atoms with Gasteiger partial charge in [0.2, 0.25) is 11.8 Å². The highest BCUT2D eigenvalue weighted by atomic mass is 32.1. The van der Waals surface area contributed by atoms with Gasteiger partial charge in [0, 0.05) is 24.2 Å². The minimum atomic E-state index is -0.215. The number of benzene rings is 1. The van der Waals surface area contributed by atoms with E-state index in [0.29, 0.717) is 30.1 Å². The van der Waals surface area contributed by atoms with Gasteiger partial charge in [0.25, 0.3) is 0 Å². The van der Waals surface area contributed by atoms with Gasteiger partial charge in [-0.05, 0) is 18.1 Å². The van der Waals surface area contributed by atoms with Crippen LogP contribution in [0.4, 0.5) is 5.69 Å². The molecule has 1 aliphatic rings. The van der Waals surface area contributed by atoms with Gasteiger partial charge < -0.3 is 16.0 Å². The van der Waals surface area contributed by atoms with Crippen LogP contribution in [0.2, 0.25) is 0 Å². The van der Waals surface area contributed by atoms with E-state index in [2.05, 4.69) is 5.32 Å². The number of carbonyl (C=O) groups excluding carboxylic acids is 2. The van der Waals surface area contributed by atoms with Gasteiger partial charge in [0.1, 0.15) is 4.99 Å². The number of hydrogen-bond acceptors (Lipinski definition) is 3. The molecule has 0 bridgehead atoms. The molecule has 6 heteroatoms. The molecule has 1 aromatic rings. The van der Waals surface area contributed by atoms with E-state index in [4.69, 9.17) is 18.0 Å². The molecule has 1 fully saturated rings. The Labute approximate surface area is 123 Å². The van der Waals surface area contributed by atoms with Crippen LogP contribution in [0, 0.1) is 5.92 Å². The molecule has 0 aromatic heterocycles.